The van der Waals surface area contributed by atoms with Crippen molar-refractivity contribution in [3.63, 3.8) is 0 Å². The van der Waals surface area contributed by atoms with Crippen LogP contribution in [-0.4, -0.2) is 16.4 Å². The first kappa shape index (κ1) is 5.61. The zero-order valence-corrected chi connectivity index (χ0v) is 4.49. The second-order valence-corrected chi connectivity index (χ2v) is 1.87. The molecule has 0 radical (unpaired) electrons. The van der Waals surface area contributed by atoms with Gasteiger partial charge in [-0.1, -0.05) is 0 Å². The second-order valence-electron chi connectivity index (χ2n) is 1.33. The largest absolute Gasteiger partial charge is 0.345 e. The predicted molar refractivity (Wildman–Crippen MR) is 25.6 cm³/mol. The van der Waals surface area contributed by atoms with Crippen LogP contribution < -0.4 is 16.2 Å². The van der Waals surface area contributed by atoms with Crippen molar-refractivity contribution in [3.05, 3.63) is 0 Å². The minimum absolute atomic E-state index is 0.553. The van der Waals surface area contributed by atoms with Crippen LogP contribution in [0.5, 0.6) is 0 Å². The zero-order chi connectivity index (χ0) is 6.20. The van der Waals surface area contributed by atoms with Crippen LogP contribution in [0.2, 0.25) is 0 Å². The van der Waals surface area contributed by atoms with Gasteiger partial charge in [-0.25, -0.2) is 4.79 Å². The Kier molecular flexibility index (Phi) is 1.04. The van der Waals surface area contributed by atoms with Crippen molar-refractivity contribution in [1.82, 2.24) is 16.2 Å². The van der Waals surface area contributed by atoms with Gasteiger partial charge in [0.2, 0.25) is 0 Å². The number of urea groups is 1. The molecule has 1 fully saturated rings. The van der Waals surface area contributed by atoms with E-state index in [0.29, 0.717) is 0 Å². The normalized spacial score (nSPS) is 36.5. The van der Waals surface area contributed by atoms with Crippen LogP contribution in [0.3, 0.4) is 0 Å². The Labute approximate surface area is 50.0 Å². The van der Waals surface area contributed by atoms with Gasteiger partial charge in [0.05, 0.1) is 0 Å². The van der Waals surface area contributed by atoms with Gasteiger partial charge in [0.15, 0.2) is 0 Å². The van der Waals surface area contributed by atoms with Crippen molar-refractivity contribution in [3.8, 4) is 0 Å². The van der Waals surface area contributed by atoms with Crippen molar-refractivity contribution in [2.24, 2.45) is 0 Å². The van der Waals surface area contributed by atoms with Crippen LogP contribution in [0, 0.1) is 0 Å². The van der Waals surface area contributed by atoms with Crippen LogP contribution >= 0.6 is 11.6 Å². The number of amides is 2. The third kappa shape index (κ3) is 1.00. The van der Waals surface area contributed by atoms with E-state index in [0.717, 1.165) is 0 Å². The molecule has 1 aliphatic rings. The van der Waals surface area contributed by atoms with E-state index in [2.05, 4.69) is 5.43 Å². The molecule has 2 amide bonds. The summed E-state index contributed by atoms with van der Waals surface area (Å²) >= 11 is 5.11. The smallest absolute Gasteiger partial charge is 0.333 e. The maximum atomic E-state index is 10.1. The van der Waals surface area contributed by atoms with Gasteiger partial charge in [-0.05, 0) is 11.6 Å². The number of carbonyl (C=O) groups excluding carboxylic acids is 1. The molecule has 4 N–H and O–H groups in total. The molecule has 46 valence electrons. The van der Waals surface area contributed by atoms with Crippen molar-refractivity contribution in [2.75, 3.05) is 0 Å². The Morgan fingerprint density at radius 3 is 2.50 bits per heavy atom. The molecular formula is C2H4ClN3O2. The summed E-state index contributed by atoms with van der Waals surface area (Å²) in [5, 5.41) is 8.76. The van der Waals surface area contributed by atoms with Crippen molar-refractivity contribution in [1.29, 1.82) is 0 Å². The summed E-state index contributed by atoms with van der Waals surface area (Å²) in [7, 11) is 0. The average Bonchev–Trinajstić information content (AvgIpc) is 1.82. The monoisotopic (exact) mass is 137 g/mol. The molecule has 1 unspecified atom stereocenters. The molecule has 1 atom stereocenters. The predicted octanol–water partition coefficient (Wildman–Crippen LogP) is -1.35. The molecule has 5 nitrogen and oxygen atoms in total. The summed E-state index contributed by atoms with van der Waals surface area (Å²) in [5.74, 6) is 0. The topological polar surface area (TPSA) is 73.4 Å². The molecule has 0 bridgehead atoms. The maximum Gasteiger partial charge on any atom is 0.333 e. The summed E-state index contributed by atoms with van der Waals surface area (Å²) < 4.78 is 0. The highest BCUT2D eigenvalue weighted by atomic mass is 35.5. The first-order valence-electron chi connectivity index (χ1n) is 1.87. The standard InChI is InChI=1S/C2H4ClN3O2/c3-2(8)4-1(7)5-6-2/h6,8H,(H2,4,5,7). The highest BCUT2D eigenvalue weighted by Crippen LogP contribution is 2.02. The van der Waals surface area contributed by atoms with Gasteiger partial charge >= 0.3 is 6.03 Å². The average molecular weight is 138 g/mol. The molecule has 1 heterocycles. The van der Waals surface area contributed by atoms with Crippen LogP contribution in [0.15, 0.2) is 0 Å². The lowest BCUT2D eigenvalue weighted by atomic mass is 10.9. The Morgan fingerprint density at radius 2 is 2.38 bits per heavy atom. The second kappa shape index (κ2) is 1.48. The van der Waals surface area contributed by atoms with E-state index in [9.17, 15) is 4.79 Å². The number of alkyl halides is 1. The van der Waals surface area contributed by atoms with Gasteiger partial charge in [-0.3, -0.25) is 10.7 Å². The van der Waals surface area contributed by atoms with Gasteiger partial charge < -0.3 is 5.11 Å². The lowest BCUT2D eigenvalue weighted by molar-refractivity contribution is 0.0872. The Bertz CT molecular complexity index is 124. The van der Waals surface area contributed by atoms with Gasteiger partial charge in [-0.15, -0.1) is 0 Å². The molecule has 0 saturated carbocycles. The van der Waals surface area contributed by atoms with E-state index in [1.54, 1.807) is 0 Å². The number of hydrogen-bond donors (Lipinski definition) is 4. The minimum atomic E-state index is -1.82. The lowest BCUT2D eigenvalue weighted by Crippen LogP contribution is -2.44. The molecule has 0 spiro atoms. The molecule has 0 aromatic heterocycles. The maximum absolute atomic E-state index is 10.1. The van der Waals surface area contributed by atoms with E-state index in [4.69, 9.17) is 16.7 Å². The fourth-order valence-electron chi connectivity index (χ4n) is 0.353. The molecular weight excluding hydrogens is 133 g/mol. The molecule has 1 saturated heterocycles. The first-order valence-corrected chi connectivity index (χ1v) is 2.24. The number of rotatable bonds is 0. The van der Waals surface area contributed by atoms with E-state index in [1.165, 1.54) is 0 Å². The number of hydrazine groups is 1. The lowest BCUT2D eigenvalue weighted by Gasteiger charge is -2.08. The Morgan fingerprint density at radius 1 is 1.75 bits per heavy atom. The van der Waals surface area contributed by atoms with Crippen molar-refractivity contribution >= 4 is 17.6 Å². The quantitative estimate of drug-likeness (QED) is 0.246. The van der Waals surface area contributed by atoms with Crippen molar-refractivity contribution < 1.29 is 9.90 Å². The summed E-state index contributed by atoms with van der Waals surface area (Å²) in [4.78, 5) is 10.1. The fraction of sp³-hybridized carbons (Fsp3) is 0.500. The molecule has 6 heteroatoms. The van der Waals surface area contributed by atoms with E-state index in [1.807, 2.05) is 10.7 Å². The Balaban J connectivity index is 2.56. The van der Waals surface area contributed by atoms with Gasteiger partial charge in [0.25, 0.3) is 5.31 Å². The number of aliphatic hydroxyl groups is 1. The molecule has 1 rings (SSSR count). The summed E-state index contributed by atoms with van der Waals surface area (Å²) in [6.45, 7) is 0. The molecule has 0 aromatic rings. The van der Waals surface area contributed by atoms with Gasteiger partial charge in [-0.2, -0.15) is 5.43 Å². The number of halogens is 1. The van der Waals surface area contributed by atoms with Crippen LogP contribution in [0.25, 0.3) is 0 Å². The third-order valence-electron chi connectivity index (χ3n) is 0.621. The van der Waals surface area contributed by atoms with Gasteiger partial charge in [0.1, 0.15) is 0 Å². The number of nitrogens with one attached hydrogen (secondary N) is 3. The summed E-state index contributed by atoms with van der Waals surface area (Å²) in [5.41, 5.74) is 4.08. The highest BCUT2D eigenvalue weighted by Gasteiger charge is 2.31. The summed E-state index contributed by atoms with van der Waals surface area (Å²) in [6, 6.07) is -0.553. The van der Waals surface area contributed by atoms with Crippen LogP contribution in [-0.2, 0) is 0 Å². The van der Waals surface area contributed by atoms with E-state index < -0.39 is 11.3 Å². The molecule has 8 heavy (non-hydrogen) atoms. The molecule has 0 aliphatic carbocycles. The fourth-order valence-corrected chi connectivity index (χ4v) is 0.486. The Hall–Kier alpha value is -0.520. The zero-order valence-electron chi connectivity index (χ0n) is 3.73. The highest BCUT2D eigenvalue weighted by molar-refractivity contribution is 6.23. The van der Waals surface area contributed by atoms with Crippen molar-refractivity contribution in [2.45, 2.75) is 5.31 Å². The van der Waals surface area contributed by atoms with Crippen LogP contribution in [0.4, 0.5) is 4.79 Å². The minimum Gasteiger partial charge on any atom is -0.345 e. The van der Waals surface area contributed by atoms with E-state index in [-0.39, 0.29) is 0 Å². The molecule has 1 aliphatic heterocycles. The summed E-state index contributed by atoms with van der Waals surface area (Å²) in [6.07, 6.45) is 0. The third-order valence-corrected chi connectivity index (χ3v) is 0.810. The number of carbonyl (C=O) groups is 1. The number of hydrogen-bond acceptors (Lipinski definition) is 3. The van der Waals surface area contributed by atoms with E-state index >= 15 is 0 Å². The first-order chi connectivity index (χ1) is 3.60. The van der Waals surface area contributed by atoms with Crippen LogP contribution in [0.1, 0.15) is 0 Å². The molecule has 0 aromatic carbocycles. The SMILES string of the molecule is O=C1NNC(O)(Cl)N1. The van der Waals surface area contributed by atoms with Gasteiger partial charge in [0, 0.05) is 0 Å².